The van der Waals surface area contributed by atoms with Gasteiger partial charge in [-0.1, -0.05) is 11.2 Å². The highest BCUT2D eigenvalue weighted by molar-refractivity contribution is 5.85. The van der Waals surface area contributed by atoms with E-state index in [-0.39, 0.29) is 5.69 Å². The van der Waals surface area contributed by atoms with Crippen LogP contribution in [0.3, 0.4) is 0 Å². The van der Waals surface area contributed by atoms with Gasteiger partial charge in [-0.2, -0.15) is 0 Å². The highest BCUT2D eigenvalue weighted by atomic mass is 16.5. The van der Waals surface area contributed by atoms with Crippen LogP contribution in [0.1, 0.15) is 27.4 Å². The Balaban J connectivity index is 2.02. The first-order valence-corrected chi connectivity index (χ1v) is 5.56. The molecular weight excluding hydrogens is 232 g/mol. The maximum absolute atomic E-state index is 10.6. The number of carbonyl (C=O) groups is 1. The largest absolute Gasteiger partial charge is 0.476 e. The number of aryl methyl sites for hydroxylation is 2. The number of rotatable bonds is 4. The zero-order chi connectivity index (χ0) is 13.1. The van der Waals surface area contributed by atoms with Crippen LogP contribution in [0.15, 0.2) is 28.8 Å². The van der Waals surface area contributed by atoms with E-state index in [1.165, 1.54) is 17.2 Å². The first kappa shape index (κ1) is 12.2. The molecule has 1 aromatic carbocycles. The number of nitrogens with one attached hydrogen (secondary N) is 1. The van der Waals surface area contributed by atoms with E-state index < -0.39 is 5.97 Å². The number of benzene rings is 1. The van der Waals surface area contributed by atoms with Crippen LogP contribution in [0.25, 0.3) is 0 Å². The van der Waals surface area contributed by atoms with Crippen molar-refractivity contribution in [2.75, 3.05) is 5.32 Å². The van der Waals surface area contributed by atoms with Crippen molar-refractivity contribution in [3.63, 3.8) is 0 Å². The van der Waals surface area contributed by atoms with Crippen molar-refractivity contribution in [2.24, 2.45) is 0 Å². The summed E-state index contributed by atoms with van der Waals surface area (Å²) in [5, 5.41) is 15.3. The van der Waals surface area contributed by atoms with Crippen LogP contribution >= 0.6 is 0 Å². The molecule has 2 rings (SSSR count). The molecule has 18 heavy (non-hydrogen) atoms. The van der Waals surface area contributed by atoms with Crippen LogP contribution in [0.5, 0.6) is 0 Å². The van der Waals surface area contributed by atoms with E-state index in [9.17, 15) is 4.79 Å². The van der Waals surface area contributed by atoms with E-state index in [0.717, 1.165) is 5.69 Å². The molecule has 0 saturated carbocycles. The number of carboxylic acid groups (broad SMARTS) is 1. The Morgan fingerprint density at radius 3 is 2.72 bits per heavy atom. The molecule has 0 spiro atoms. The molecule has 0 aliphatic heterocycles. The zero-order valence-electron chi connectivity index (χ0n) is 10.2. The van der Waals surface area contributed by atoms with Gasteiger partial charge in [-0.15, -0.1) is 0 Å². The molecule has 94 valence electrons. The molecule has 2 aromatic rings. The Morgan fingerprint density at radius 1 is 1.33 bits per heavy atom. The Hall–Kier alpha value is -2.30. The minimum Gasteiger partial charge on any atom is -0.476 e. The van der Waals surface area contributed by atoms with Crippen molar-refractivity contribution in [1.82, 2.24) is 5.16 Å². The smallest absolute Gasteiger partial charge is 0.358 e. The lowest BCUT2D eigenvalue weighted by Crippen LogP contribution is -1.99. The standard InChI is InChI=1S/C13H14N2O3/c1-8-3-4-10(5-9(8)2)14-7-11-6-12(13(16)17)15-18-11/h3-6,14H,7H2,1-2H3,(H,16,17). The van der Waals surface area contributed by atoms with E-state index in [0.29, 0.717) is 12.3 Å². The van der Waals surface area contributed by atoms with Gasteiger partial charge in [0.05, 0.1) is 6.54 Å². The summed E-state index contributed by atoms with van der Waals surface area (Å²) in [6, 6.07) is 7.44. The molecule has 0 atom stereocenters. The maximum Gasteiger partial charge on any atom is 0.358 e. The van der Waals surface area contributed by atoms with Crippen molar-refractivity contribution in [3.8, 4) is 0 Å². The van der Waals surface area contributed by atoms with Crippen molar-refractivity contribution >= 4 is 11.7 Å². The Morgan fingerprint density at radius 2 is 2.11 bits per heavy atom. The number of hydrogen-bond donors (Lipinski definition) is 2. The van der Waals surface area contributed by atoms with E-state index in [1.807, 2.05) is 25.1 Å². The number of hydrogen-bond acceptors (Lipinski definition) is 4. The number of nitrogens with zero attached hydrogens (tertiary/aromatic N) is 1. The third-order valence-corrected chi connectivity index (χ3v) is 2.75. The lowest BCUT2D eigenvalue weighted by atomic mass is 10.1. The van der Waals surface area contributed by atoms with Crippen molar-refractivity contribution < 1.29 is 14.4 Å². The Bertz CT molecular complexity index is 575. The number of anilines is 1. The van der Waals surface area contributed by atoms with Crippen LogP contribution in [0.4, 0.5) is 5.69 Å². The second-order valence-corrected chi connectivity index (χ2v) is 4.14. The average molecular weight is 246 g/mol. The van der Waals surface area contributed by atoms with Gasteiger partial charge in [0.2, 0.25) is 0 Å². The predicted molar refractivity (Wildman–Crippen MR) is 66.7 cm³/mol. The van der Waals surface area contributed by atoms with Gasteiger partial charge in [-0.3, -0.25) is 0 Å². The van der Waals surface area contributed by atoms with E-state index in [1.54, 1.807) is 0 Å². The zero-order valence-corrected chi connectivity index (χ0v) is 10.2. The fraction of sp³-hybridized carbons (Fsp3) is 0.231. The van der Waals surface area contributed by atoms with Crippen molar-refractivity contribution in [3.05, 3.63) is 46.8 Å². The van der Waals surface area contributed by atoms with E-state index in [4.69, 9.17) is 9.63 Å². The molecular formula is C13H14N2O3. The molecule has 0 bridgehead atoms. The molecule has 0 unspecified atom stereocenters. The summed E-state index contributed by atoms with van der Waals surface area (Å²) in [6.45, 7) is 4.50. The third-order valence-electron chi connectivity index (χ3n) is 2.75. The molecule has 0 aliphatic carbocycles. The molecule has 0 amide bonds. The van der Waals surface area contributed by atoms with Crippen LogP contribution < -0.4 is 5.32 Å². The first-order chi connectivity index (χ1) is 8.56. The third kappa shape index (κ3) is 2.68. The Labute approximate surface area is 104 Å². The van der Waals surface area contributed by atoms with Gasteiger partial charge in [0, 0.05) is 11.8 Å². The Kier molecular flexibility index (Phi) is 3.32. The molecule has 5 nitrogen and oxygen atoms in total. The predicted octanol–water partition coefficient (Wildman–Crippen LogP) is 2.60. The fourth-order valence-electron chi connectivity index (χ4n) is 1.54. The highest BCUT2D eigenvalue weighted by Crippen LogP contribution is 2.15. The van der Waals surface area contributed by atoms with Gasteiger partial charge in [0.15, 0.2) is 11.5 Å². The maximum atomic E-state index is 10.6. The second kappa shape index (κ2) is 4.91. The van der Waals surface area contributed by atoms with Gasteiger partial charge < -0.3 is 14.9 Å². The molecule has 0 radical (unpaired) electrons. The van der Waals surface area contributed by atoms with Crippen molar-refractivity contribution in [1.29, 1.82) is 0 Å². The van der Waals surface area contributed by atoms with Gasteiger partial charge in [-0.25, -0.2) is 4.79 Å². The number of aromatic nitrogens is 1. The minimum atomic E-state index is -1.09. The summed E-state index contributed by atoms with van der Waals surface area (Å²) in [6.07, 6.45) is 0. The fourth-order valence-corrected chi connectivity index (χ4v) is 1.54. The van der Waals surface area contributed by atoms with Gasteiger partial charge >= 0.3 is 5.97 Å². The van der Waals surface area contributed by atoms with Gasteiger partial charge in [0.1, 0.15) is 0 Å². The number of aromatic carboxylic acids is 1. The SMILES string of the molecule is Cc1ccc(NCc2cc(C(=O)O)no2)cc1C. The summed E-state index contributed by atoms with van der Waals surface area (Å²) >= 11 is 0. The molecule has 1 aromatic heterocycles. The van der Waals surface area contributed by atoms with E-state index in [2.05, 4.69) is 17.4 Å². The van der Waals surface area contributed by atoms with Crippen molar-refractivity contribution in [2.45, 2.75) is 20.4 Å². The van der Waals surface area contributed by atoms with E-state index >= 15 is 0 Å². The van der Waals surface area contributed by atoms with Crippen LogP contribution in [-0.4, -0.2) is 16.2 Å². The summed E-state index contributed by atoms with van der Waals surface area (Å²) in [5.41, 5.74) is 3.32. The summed E-state index contributed by atoms with van der Waals surface area (Å²) in [5.74, 6) is -0.596. The summed E-state index contributed by atoms with van der Waals surface area (Å²) in [4.78, 5) is 10.6. The molecule has 0 saturated heterocycles. The topological polar surface area (TPSA) is 75.4 Å². The molecule has 1 heterocycles. The molecule has 5 heteroatoms. The van der Waals surface area contributed by atoms with Crippen LogP contribution in [0, 0.1) is 13.8 Å². The van der Waals surface area contributed by atoms with Crippen LogP contribution in [-0.2, 0) is 6.54 Å². The summed E-state index contributed by atoms with van der Waals surface area (Å²) in [7, 11) is 0. The summed E-state index contributed by atoms with van der Waals surface area (Å²) < 4.78 is 4.91. The molecule has 0 aliphatic rings. The molecule has 2 N–H and O–H groups in total. The highest BCUT2D eigenvalue weighted by Gasteiger charge is 2.10. The molecule has 0 fully saturated rings. The van der Waals surface area contributed by atoms with Crippen LogP contribution in [0.2, 0.25) is 0 Å². The lowest BCUT2D eigenvalue weighted by molar-refractivity contribution is 0.0685. The quantitative estimate of drug-likeness (QED) is 0.867. The van der Waals surface area contributed by atoms with Gasteiger partial charge in [-0.05, 0) is 37.1 Å². The normalized spacial score (nSPS) is 10.3. The number of carboxylic acids is 1. The van der Waals surface area contributed by atoms with Gasteiger partial charge in [0.25, 0.3) is 0 Å². The minimum absolute atomic E-state index is 0.0770. The average Bonchev–Trinajstić information content (AvgIpc) is 2.79. The second-order valence-electron chi connectivity index (χ2n) is 4.14. The lowest BCUT2D eigenvalue weighted by Gasteiger charge is -2.06. The first-order valence-electron chi connectivity index (χ1n) is 5.56. The monoisotopic (exact) mass is 246 g/mol.